The Labute approximate surface area is 226 Å². The highest BCUT2D eigenvalue weighted by Crippen LogP contribution is 2.44. The van der Waals surface area contributed by atoms with E-state index in [4.69, 9.17) is 15.9 Å². The predicted octanol–water partition coefficient (Wildman–Crippen LogP) is 3.17. The zero-order valence-corrected chi connectivity index (χ0v) is 21.3. The number of nitrogens with two attached hydrogens (primary N) is 1. The first kappa shape index (κ1) is 27.2. The van der Waals surface area contributed by atoms with Crippen molar-refractivity contribution in [2.75, 3.05) is 13.2 Å². The molecular formula is C29H31N5O5. The van der Waals surface area contributed by atoms with Gasteiger partial charge >= 0.3 is 12.1 Å². The Balaban J connectivity index is 1.25. The third-order valence-corrected chi connectivity index (χ3v) is 6.59. The summed E-state index contributed by atoms with van der Waals surface area (Å²) in [5, 5.41) is 24.4. The molecule has 0 aliphatic heterocycles. The first-order valence-electron chi connectivity index (χ1n) is 12.6. The number of aliphatic carboxylic acids is 1. The largest absolute Gasteiger partial charge is 0.480 e. The number of hydrogen-bond acceptors (Lipinski definition) is 5. The molecule has 3 aromatic carbocycles. The van der Waals surface area contributed by atoms with Gasteiger partial charge in [-0.25, -0.2) is 9.59 Å². The monoisotopic (exact) mass is 529 g/mol. The van der Waals surface area contributed by atoms with Gasteiger partial charge in [-0.2, -0.15) is 0 Å². The maximum Gasteiger partial charge on any atom is 0.407 e. The van der Waals surface area contributed by atoms with Gasteiger partial charge in [0.2, 0.25) is 0 Å². The van der Waals surface area contributed by atoms with Crippen molar-refractivity contribution in [2.45, 2.75) is 31.3 Å². The molecular weight excluding hydrogens is 498 g/mol. The Morgan fingerprint density at radius 1 is 0.923 bits per heavy atom. The summed E-state index contributed by atoms with van der Waals surface area (Å²) in [4.78, 5) is 36.5. The third kappa shape index (κ3) is 6.92. The second-order valence-corrected chi connectivity index (χ2v) is 9.22. The highest BCUT2D eigenvalue weighted by atomic mass is 16.5. The van der Waals surface area contributed by atoms with Crippen LogP contribution in [0.2, 0.25) is 0 Å². The number of alkyl carbamates (subject to hydrolysis) is 1. The number of hydrogen-bond donors (Lipinski definition) is 6. The number of benzene rings is 3. The van der Waals surface area contributed by atoms with Crippen molar-refractivity contribution < 1.29 is 24.2 Å². The lowest BCUT2D eigenvalue weighted by Crippen LogP contribution is -2.41. The quantitative estimate of drug-likeness (QED) is 0.126. The number of rotatable bonds is 11. The molecule has 39 heavy (non-hydrogen) atoms. The van der Waals surface area contributed by atoms with Crippen molar-refractivity contribution >= 4 is 23.9 Å². The molecule has 10 nitrogen and oxygen atoms in total. The summed E-state index contributed by atoms with van der Waals surface area (Å²) in [6.07, 6.45) is 0.0584. The molecule has 0 bridgehead atoms. The van der Waals surface area contributed by atoms with Crippen LogP contribution in [0.25, 0.3) is 11.1 Å². The molecule has 202 valence electrons. The third-order valence-electron chi connectivity index (χ3n) is 6.59. The molecule has 1 aliphatic carbocycles. The Kier molecular flexibility index (Phi) is 8.78. The van der Waals surface area contributed by atoms with Gasteiger partial charge in [0.25, 0.3) is 5.91 Å². The zero-order chi connectivity index (χ0) is 27.8. The second kappa shape index (κ2) is 12.6. The van der Waals surface area contributed by atoms with Crippen molar-refractivity contribution in [3.63, 3.8) is 0 Å². The van der Waals surface area contributed by atoms with E-state index in [1.54, 1.807) is 24.3 Å². The summed E-state index contributed by atoms with van der Waals surface area (Å²) in [6.45, 7) is 0.758. The van der Waals surface area contributed by atoms with Crippen LogP contribution in [-0.2, 0) is 16.1 Å². The van der Waals surface area contributed by atoms with Gasteiger partial charge < -0.3 is 31.5 Å². The van der Waals surface area contributed by atoms with Crippen LogP contribution >= 0.6 is 0 Å². The molecule has 0 aromatic heterocycles. The van der Waals surface area contributed by atoms with Gasteiger partial charge in [0.15, 0.2) is 5.96 Å². The van der Waals surface area contributed by atoms with E-state index in [2.05, 4.69) is 40.2 Å². The van der Waals surface area contributed by atoms with Crippen LogP contribution in [0.15, 0.2) is 72.8 Å². The highest BCUT2D eigenvalue weighted by molar-refractivity contribution is 5.96. The number of nitrogens with one attached hydrogen (secondary N) is 4. The number of amides is 2. The molecule has 0 saturated heterocycles. The minimum absolute atomic E-state index is 0.0269. The van der Waals surface area contributed by atoms with Gasteiger partial charge in [0.05, 0.1) is 0 Å². The normalized spacial score (nSPS) is 12.5. The molecule has 1 aliphatic rings. The lowest BCUT2D eigenvalue weighted by Gasteiger charge is -2.15. The summed E-state index contributed by atoms with van der Waals surface area (Å²) in [5.74, 6) is -1.88. The second-order valence-electron chi connectivity index (χ2n) is 9.22. The van der Waals surface area contributed by atoms with E-state index in [9.17, 15) is 19.5 Å². The molecule has 4 rings (SSSR count). The van der Waals surface area contributed by atoms with Crippen molar-refractivity contribution in [1.29, 1.82) is 5.41 Å². The van der Waals surface area contributed by atoms with Gasteiger partial charge in [-0.3, -0.25) is 10.2 Å². The summed E-state index contributed by atoms with van der Waals surface area (Å²) in [6, 6.07) is 21.7. The highest BCUT2D eigenvalue weighted by Gasteiger charge is 2.29. The topological polar surface area (TPSA) is 167 Å². The molecule has 0 radical (unpaired) electrons. The van der Waals surface area contributed by atoms with Crippen molar-refractivity contribution in [3.05, 3.63) is 95.1 Å². The molecule has 0 spiro atoms. The SMILES string of the molecule is N=C(N)NCCC[C@H](NC(=O)c1ccc(CNC(=O)OCC2c3ccccc3-c3ccccc32)cc1)C(=O)O. The molecule has 0 saturated carbocycles. The maximum atomic E-state index is 12.5. The van der Waals surface area contributed by atoms with E-state index < -0.39 is 24.0 Å². The van der Waals surface area contributed by atoms with E-state index in [-0.39, 0.29) is 31.4 Å². The van der Waals surface area contributed by atoms with E-state index in [1.807, 2.05) is 24.3 Å². The van der Waals surface area contributed by atoms with Crippen LogP contribution in [0.5, 0.6) is 0 Å². The Hall–Kier alpha value is -4.86. The molecule has 0 fully saturated rings. The van der Waals surface area contributed by atoms with E-state index in [1.165, 1.54) is 0 Å². The number of fused-ring (bicyclic) bond motifs is 3. The average Bonchev–Trinajstić information content (AvgIpc) is 3.26. The predicted molar refractivity (Wildman–Crippen MR) is 146 cm³/mol. The average molecular weight is 530 g/mol. The van der Waals surface area contributed by atoms with Crippen LogP contribution in [-0.4, -0.2) is 48.2 Å². The van der Waals surface area contributed by atoms with Crippen molar-refractivity contribution in [1.82, 2.24) is 16.0 Å². The Morgan fingerprint density at radius 2 is 1.54 bits per heavy atom. The van der Waals surface area contributed by atoms with Gasteiger partial charge in [0, 0.05) is 24.6 Å². The lowest BCUT2D eigenvalue weighted by molar-refractivity contribution is -0.139. The fourth-order valence-electron chi connectivity index (χ4n) is 4.63. The van der Waals surface area contributed by atoms with E-state index >= 15 is 0 Å². The number of carbonyl (C=O) groups excluding carboxylic acids is 2. The van der Waals surface area contributed by atoms with Crippen molar-refractivity contribution in [3.8, 4) is 11.1 Å². The smallest absolute Gasteiger partial charge is 0.407 e. The molecule has 0 heterocycles. The molecule has 10 heteroatoms. The summed E-state index contributed by atoms with van der Waals surface area (Å²) < 4.78 is 5.55. The molecule has 2 amide bonds. The minimum Gasteiger partial charge on any atom is -0.480 e. The summed E-state index contributed by atoms with van der Waals surface area (Å²) >= 11 is 0. The Morgan fingerprint density at radius 3 is 2.13 bits per heavy atom. The van der Waals surface area contributed by atoms with Crippen LogP contribution in [0, 0.1) is 5.41 Å². The van der Waals surface area contributed by atoms with Gasteiger partial charge in [-0.05, 0) is 52.8 Å². The standard InChI is InChI=1S/C29H31N5O5/c30-28(31)32-15-5-10-25(27(36)37)34-26(35)19-13-11-18(12-14-19)16-33-29(38)39-17-24-22-8-3-1-6-20(22)21-7-2-4-9-23(21)24/h1-4,6-9,11-14,24-25H,5,10,15-17H2,(H,33,38)(H,34,35)(H,36,37)(H4,30,31,32)/t25-/m0/s1. The summed E-state index contributed by atoms with van der Waals surface area (Å²) in [5.41, 5.74) is 10.8. The van der Waals surface area contributed by atoms with Crippen LogP contribution in [0.3, 0.4) is 0 Å². The fourth-order valence-corrected chi connectivity index (χ4v) is 4.63. The number of carboxylic acid groups (broad SMARTS) is 1. The van der Waals surface area contributed by atoms with E-state index in [0.717, 1.165) is 27.8 Å². The zero-order valence-electron chi connectivity index (χ0n) is 21.3. The van der Waals surface area contributed by atoms with Gasteiger partial charge in [-0.1, -0.05) is 60.7 Å². The lowest BCUT2D eigenvalue weighted by atomic mass is 9.98. The minimum atomic E-state index is -1.14. The first-order valence-corrected chi connectivity index (χ1v) is 12.6. The van der Waals surface area contributed by atoms with Crippen LogP contribution in [0.1, 0.15) is 45.8 Å². The van der Waals surface area contributed by atoms with Crippen molar-refractivity contribution in [2.24, 2.45) is 5.73 Å². The van der Waals surface area contributed by atoms with Crippen LogP contribution < -0.4 is 21.7 Å². The van der Waals surface area contributed by atoms with Crippen LogP contribution in [0.4, 0.5) is 4.79 Å². The number of carbonyl (C=O) groups is 3. The first-order chi connectivity index (χ1) is 18.8. The molecule has 0 unspecified atom stereocenters. The molecule has 3 aromatic rings. The Bertz CT molecular complexity index is 1310. The maximum absolute atomic E-state index is 12.5. The number of ether oxygens (including phenoxy) is 1. The molecule has 7 N–H and O–H groups in total. The van der Waals surface area contributed by atoms with Gasteiger partial charge in [0.1, 0.15) is 12.6 Å². The summed E-state index contributed by atoms with van der Waals surface area (Å²) in [7, 11) is 0. The number of guanidine groups is 1. The van der Waals surface area contributed by atoms with Gasteiger partial charge in [-0.15, -0.1) is 0 Å². The number of carboxylic acids is 1. The fraction of sp³-hybridized carbons (Fsp3) is 0.241. The molecule has 1 atom stereocenters. The van der Waals surface area contributed by atoms with E-state index in [0.29, 0.717) is 18.5 Å².